The fourth-order valence-corrected chi connectivity index (χ4v) is 2.35. The molecule has 0 aliphatic heterocycles. The van der Waals surface area contributed by atoms with E-state index in [0.717, 1.165) is 23.5 Å². The number of aromatic nitrogens is 2. The first-order chi connectivity index (χ1) is 7.99. The predicted molar refractivity (Wildman–Crippen MR) is 76.6 cm³/mol. The first kappa shape index (κ1) is 12.4. The van der Waals surface area contributed by atoms with Crippen LogP contribution in [0.25, 0.3) is 11.0 Å². The van der Waals surface area contributed by atoms with Crippen molar-refractivity contribution in [2.24, 2.45) is 0 Å². The highest BCUT2D eigenvalue weighted by Crippen LogP contribution is 2.27. The standard InChI is InChI=1S/C14H17BrN2/c1-9(2)8-17-13-6-5-10(3)7-12(13)16-14(17)11(4)15/h5-7,11H,1,8H2,2-4H3. The zero-order chi connectivity index (χ0) is 12.6. The second-order valence-corrected chi connectivity index (χ2v) is 5.99. The molecule has 1 unspecified atom stereocenters. The first-order valence-corrected chi connectivity index (χ1v) is 6.66. The van der Waals surface area contributed by atoms with Crippen molar-refractivity contribution < 1.29 is 0 Å². The van der Waals surface area contributed by atoms with Crippen LogP contribution >= 0.6 is 15.9 Å². The van der Waals surface area contributed by atoms with E-state index in [1.54, 1.807) is 0 Å². The summed E-state index contributed by atoms with van der Waals surface area (Å²) < 4.78 is 2.23. The summed E-state index contributed by atoms with van der Waals surface area (Å²) in [5.74, 6) is 1.06. The molecule has 2 rings (SSSR count). The highest BCUT2D eigenvalue weighted by Gasteiger charge is 2.14. The summed E-state index contributed by atoms with van der Waals surface area (Å²) in [6.45, 7) is 11.1. The molecule has 0 radical (unpaired) electrons. The molecule has 1 aromatic heterocycles. The number of allylic oxidation sites excluding steroid dienone is 1. The Kier molecular flexibility index (Phi) is 3.38. The average Bonchev–Trinajstić information content (AvgIpc) is 2.55. The maximum absolute atomic E-state index is 4.70. The third-order valence-corrected chi connectivity index (χ3v) is 3.13. The molecular weight excluding hydrogens is 276 g/mol. The Bertz CT molecular complexity index is 567. The Morgan fingerprint density at radius 1 is 1.53 bits per heavy atom. The second kappa shape index (κ2) is 4.65. The number of fused-ring (bicyclic) bond motifs is 1. The number of halogens is 1. The molecule has 3 heteroatoms. The largest absolute Gasteiger partial charge is 0.323 e. The van der Waals surface area contributed by atoms with Gasteiger partial charge in [0.05, 0.1) is 15.9 Å². The van der Waals surface area contributed by atoms with E-state index in [1.807, 2.05) is 6.92 Å². The molecule has 17 heavy (non-hydrogen) atoms. The van der Waals surface area contributed by atoms with Crippen molar-refractivity contribution >= 4 is 27.0 Å². The lowest BCUT2D eigenvalue weighted by Gasteiger charge is -2.10. The van der Waals surface area contributed by atoms with E-state index >= 15 is 0 Å². The smallest absolute Gasteiger partial charge is 0.123 e. The summed E-state index contributed by atoms with van der Waals surface area (Å²) in [6, 6.07) is 6.39. The van der Waals surface area contributed by atoms with E-state index in [9.17, 15) is 0 Å². The monoisotopic (exact) mass is 292 g/mol. The molecule has 90 valence electrons. The van der Waals surface area contributed by atoms with Gasteiger partial charge in [0, 0.05) is 6.54 Å². The minimum absolute atomic E-state index is 0.245. The van der Waals surface area contributed by atoms with E-state index in [2.05, 4.69) is 59.1 Å². The lowest BCUT2D eigenvalue weighted by atomic mass is 10.2. The number of hydrogen-bond acceptors (Lipinski definition) is 1. The van der Waals surface area contributed by atoms with Gasteiger partial charge in [-0.2, -0.15) is 0 Å². The molecule has 0 aliphatic carbocycles. The molecule has 0 spiro atoms. The van der Waals surface area contributed by atoms with E-state index in [0.29, 0.717) is 0 Å². The summed E-state index contributed by atoms with van der Waals surface area (Å²) in [6.07, 6.45) is 0. The molecular formula is C14H17BrN2. The molecule has 0 fully saturated rings. The molecule has 0 amide bonds. The molecule has 1 atom stereocenters. The number of nitrogens with zero attached hydrogens (tertiary/aromatic N) is 2. The molecule has 0 aliphatic rings. The van der Waals surface area contributed by atoms with Crippen molar-refractivity contribution in [1.82, 2.24) is 9.55 Å². The van der Waals surface area contributed by atoms with Gasteiger partial charge in [0.1, 0.15) is 5.82 Å². The molecule has 0 bridgehead atoms. The third-order valence-electron chi connectivity index (χ3n) is 2.72. The number of aryl methyl sites for hydroxylation is 1. The number of hydrogen-bond donors (Lipinski definition) is 0. The van der Waals surface area contributed by atoms with Crippen LogP contribution in [0.4, 0.5) is 0 Å². The van der Waals surface area contributed by atoms with Gasteiger partial charge in [-0.05, 0) is 38.5 Å². The predicted octanol–water partition coefficient (Wildman–Crippen LogP) is 4.38. The van der Waals surface area contributed by atoms with Crippen LogP contribution in [0.1, 0.15) is 30.1 Å². The minimum Gasteiger partial charge on any atom is -0.323 e. The molecule has 2 aromatic rings. The Balaban J connectivity index is 2.66. The Morgan fingerprint density at radius 3 is 2.82 bits per heavy atom. The zero-order valence-electron chi connectivity index (χ0n) is 10.5. The van der Waals surface area contributed by atoms with Gasteiger partial charge in [-0.25, -0.2) is 4.98 Å². The first-order valence-electron chi connectivity index (χ1n) is 5.74. The van der Waals surface area contributed by atoms with Crippen LogP contribution in [-0.4, -0.2) is 9.55 Å². The van der Waals surface area contributed by atoms with Crippen LogP contribution in [0.2, 0.25) is 0 Å². The summed E-state index contributed by atoms with van der Waals surface area (Å²) in [5.41, 5.74) is 4.62. The maximum Gasteiger partial charge on any atom is 0.123 e. The van der Waals surface area contributed by atoms with Crippen LogP contribution in [0.5, 0.6) is 0 Å². The highest BCUT2D eigenvalue weighted by molar-refractivity contribution is 9.09. The van der Waals surface area contributed by atoms with Gasteiger partial charge in [-0.1, -0.05) is 34.1 Å². The van der Waals surface area contributed by atoms with Gasteiger partial charge in [0.15, 0.2) is 0 Å². The number of imidazole rings is 1. The van der Waals surface area contributed by atoms with Gasteiger partial charge in [-0.15, -0.1) is 0 Å². The Morgan fingerprint density at radius 2 is 2.24 bits per heavy atom. The van der Waals surface area contributed by atoms with Gasteiger partial charge in [-0.3, -0.25) is 0 Å². The quantitative estimate of drug-likeness (QED) is 0.606. The van der Waals surface area contributed by atoms with Gasteiger partial charge in [0.2, 0.25) is 0 Å². The van der Waals surface area contributed by atoms with Crippen molar-refractivity contribution in [3.8, 4) is 0 Å². The topological polar surface area (TPSA) is 17.8 Å². The van der Waals surface area contributed by atoms with E-state index < -0.39 is 0 Å². The fourth-order valence-electron chi connectivity index (χ4n) is 2.00. The van der Waals surface area contributed by atoms with Gasteiger partial charge in [0.25, 0.3) is 0 Å². The summed E-state index contributed by atoms with van der Waals surface area (Å²) in [4.78, 5) is 4.95. The molecule has 0 N–H and O–H groups in total. The number of alkyl halides is 1. The van der Waals surface area contributed by atoms with Crippen LogP contribution in [0.15, 0.2) is 30.4 Å². The minimum atomic E-state index is 0.245. The third kappa shape index (κ3) is 2.44. The van der Waals surface area contributed by atoms with Crippen molar-refractivity contribution in [1.29, 1.82) is 0 Å². The number of rotatable bonds is 3. The second-order valence-electron chi connectivity index (χ2n) is 4.62. The zero-order valence-corrected chi connectivity index (χ0v) is 12.1. The van der Waals surface area contributed by atoms with Crippen molar-refractivity contribution in [2.45, 2.75) is 32.1 Å². The van der Waals surface area contributed by atoms with Crippen molar-refractivity contribution in [3.05, 3.63) is 41.7 Å². The summed E-state index contributed by atoms with van der Waals surface area (Å²) >= 11 is 3.61. The average molecular weight is 293 g/mol. The van der Waals surface area contributed by atoms with Crippen molar-refractivity contribution in [3.63, 3.8) is 0 Å². The van der Waals surface area contributed by atoms with Crippen LogP contribution < -0.4 is 0 Å². The van der Waals surface area contributed by atoms with E-state index in [-0.39, 0.29) is 4.83 Å². The Hall–Kier alpha value is -1.09. The highest BCUT2D eigenvalue weighted by atomic mass is 79.9. The molecule has 1 heterocycles. The fraction of sp³-hybridized carbons (Fsp3) is 0.357. The maximum atomic E-state index is 4.70. The van der Waals surface area contributed by atoms with Crippen molar-refractivity contribution in [2.75, 3.05) is 0 Å². The molecule has 0 saturated heterocycles. The molecule has 2 nitrogen and oxygen atoms in total. The van der Waals surface area contributed by atoms with E-state index in [1.165, 1.54) is 11.1 Å². The SMILES string of the molecule is C=C(C)Cn1c(C(C)Br)nc2cc(C)ccc21. The number of benzene rings is 1. The lowest BCUT2D eigenvalue weighted by molar-refractivity contribution is 0.742. The molecule has 1 aromatic carbocycles. The van der Waals surface area contributed by atoms with E-state index in [4.69, 9.17) is 4.98 Å². The van der Waals surface area contributed by atoms with Gasteiger partial charge < -0.3 is 4.57 Å². The molecule has 0 saturated carbocycles. The van der Waals surface area contributed by atoms with Crippen LogP contribution in [0.3, 0.4) is 0 Å². The normalized spacial score (nSPS) is 12.9. The lowest BCUT2D eigenvalue weighted by Crippen LogP contribution is -2.04. The Labute approximate surface area is 110 Å². The summed E-state index contributed by atoms with van der Waals surface area (Å²) in [5, 5.41) is 0. The van der Waals surface area contributed by atoms with Gasteiger partial charge >= 0.3 is 0 Å². The van der Waals surface area contributed by atoms with Crippen LogP contribution in [0, 0.1) is 6.92 Å². The van der Waals surface area contributed by atoms with Crippen LogP contribution in [-0.2, 0) is 6.54 Å². The summed E-state index contributed by atoms with van der Waals surface area (Å²) in [7, 11) is 0.